The summed E-state index contributed by atoms with van der Waals surface area (Å²) >= 11 is 0. The van der Waals surface area contributed by atoms with Crippen molar-refractivity contribution in [3.05, 3.63) is 53.6 Å². The Morgan fingerprint density at radius 2 is 1.41 bits per heavy atom. The number of ether oxygens (including phenoxy) is 4. The minimum Gasteiger partial charge on any atom is -0.493 e. The van der Waals surface area contributed by atoms with Crippen LogP contribution >= 0.6 is 0 Å². The Kier molecular flexibility index (Phi) is 7.11. The van der Waals surface area contributed by atoms with Crippen LogP contribution in [0.1, 0.15) is 24.1 Å². The van der Waals surface area contributed by atoms with Crippen LogP contribution < -0.4 is 24.3 Å². The molecule has 2 rings (SSSR count). The van der Waals surface area contributed by atoms with Crippen LogP contribution in [0.3, 0.4) is 0 Å². The molecule has 0 spiro atoms. The zero-order valence-electron chi connectivity index (χ0n) is 16.2. The number of hydrogen-bond acceptors (Lipinski definition) is 5. The predicted octanol–water partition coefficient (Wildman–Crippen LogP) is 3.61. The molecular weight excluding hydrogens is 346 g/mol. The molecule has 0 aliphatic heterocycles. The van der Waals surface area contributed by atoms with Crippen LogP contribution in [0.5, 0.6) is 23.0 Å². The SMILES string of the molecule is COc1ccc(/C=C/C(=O)N[C@H](C)c2ccc(OC)c(OC)c2)cc1OC. The van der Waals surface area contributed by atoms with Crippen LogP contribution in [0, 0.1) is 0 Å². The normalized spacial score (nSPS) is 11.7. The molecule has 0 aliphatic rings. The predicted molar refractivity (Wildman–Crippen MR) is 105 cm³/mol. The number of rotatable bonds is 8. The summed E-state index contributed by atoms with van der Waals surface area (Å²) in [5, 5.41) is 2.93. The first-order valence-corrected chi connectivity index (χ1v) is 8.45. The number of carbonyl (C=O) groups is 1. The van der Waals surface area contributed by atoms with Crippen LogP contribution in [-0.4, -0.2) is 34.3 Å². The molecule has 0 heterocycles. The van der Waals surface area contributed by atoms with E-state index in [0.717, 1.165) is 11.1 Å². The molecule has 0 bridgehead atoms. The van der Waals surface area contributed by atoms with Gasteiger partial charge in [-0.1, -0.05) is 12.1 Å². The van der Waals surface area contributed by atoms with Crippen molar-refractivity contribution < 1.29 is 23.7 Å². The van der Waals surface area contributed by atoms with Crippen LogP contribution in [-0.2, 0) is 4.79 Å². The van der Waals surface area contributed by atoms with Gasteiger partial charge in [0.25, 0.3) is 0 Å². The Morgan fingerprint density at radius 1 is 0.852 bits per heavy atom. The molecule has 0 saturated carbocycles. The average Bonchev–Trinajstić information content (AvgIpc) is 2.71. The second-order valence-electron chi connectivity index (χ2n) is 5.79. The summed E-state index contributed by atoms with van der Waals surface area (Å²) in [7, 11) is 6.32. The average molecular weight is 371 g/mol. The fraction of sp³-hybridized carbons (Fsp3) is 0.286. The molecule has 0 saturated heterocycles. The maximum absolute atomic E-state index is 12.2. The van der Waals surface area contributed by atoms with Gasteiger partial charge >= 0.3 is 0 Å². The van der Waals surface area contributed by atoms with Gasteiger partial charge in [0, 0.05) is 6.08 Å². The first kappa shape index (κ1) is 20.2. The third kappa shape index (κ3) is 5.17. The minimum absolute atomic E-state index is 0.188. The van der Waals surface area contributed by atoms with Gasteiger partial charge in [-0.3, -0.25) is 4.79 Å². The molecule has 1 amide bonds. The first-order chi connectivity index (χ1) is 13.0. The maximum atomic E-state index is 12.2. The molecule has 2 aromatic carbocycles. The van der Waals surface area contributed by atoms with E-state index >= 15 is 0 Å². The van der Waals surface area contributed by atoms with Gasteiger partial charge in [-0.05, 0) is 48.4 Å². The number of methoxy groups -OCH3 is 4. The molecule has 1 N–H and O–H groups in total. The Labute approximate surface area is 159 Å². The van der Waals surface area contributed by atoms with E-state index in [1.807, 2.05) is 31.2 Å². The lowest BCUT2D eigenvalue weighted by Gasteiger charge is -2.15. The lowest BCUT2D eigenvalue weighted by molar-refractivity contribution is -0.117. The van der Waals surface area contributed by atoms with Gasteiger partial charge in [-0.25, -0.2) is 0 Å². The Balaban J connectivity index is 2.05. The van der Waals surface area contributed by atoms with Gasteiger partial charge in [0.15, 0.2) is 23.0 Å². The topological polar surface area (TPSA) is 66.0 Å². The highest BCUT2D eigenvalue weighted by Crippen LogP contribution is 2.30. The fourth-order valence-corrected chi connectivity index (χ4v) is 2.60. The lowest BCUT2D eigenvalue weighted by Crippen LogP contribution is -2.24. The second kappa shape index (κ2) is 9.52. The van der Waals surface area contributed by atoms with E-state index in [-0.39, 0.29) is 11.9 Å². The second-order valence-corrected chi connectivity index (χ2v) is 5.79. The van der Waals surface area contributed by atoms with Crippen molar-refractivity contribution >= 4 is 12.0 Å². The molecule has 144 valence electrons. The van der Waals surface area contributed by atoms with Crippen molar-refractivity contribution in [2.45, 2.75) is 13.0 Å². The van der Waals surface area contributed by atoms with E-state index in [4.69, 9.17) is 18.9 Å². The molecule has 0 radical (unpaired) electrons. The smallest absolute Gasteiger partial charge is 0.244 e. The van der Waals surface area contributed by atoms with E-state index in [1.165, 1.54) is 6.08 Å². The summed E-state index contributed by atoms with van der Waals surface area (Å²) < 4.78 is 21.0. The summed E-state index contributed by atoms with van der Waals surface area (Å²) in [5.74, 6) is 2.32. The number of carbonyl (C=O) groups excluding carboxylic acids is 1. The molecule has 27 heavy (non-hydrogen) atoms. The summed E-state index contributed by atoms with van der Waals surface area (Å²) in [4.78, 5) is 12.2. The van der Waals surface area contributed by atoms with Crippen molar-refractivity contribution in [2.24, 2.45) is 0 Å². The number of hydrogen-bond donors (Lipinski definition) is 1. The summed E-state index contributed by atoms with van der Waals surface area (Å²) in [6, 6.07) is 10.8. The first-order valence-electron chi connectivity index (χ1n) is 8.45. The molecule has 0 fully saturated rings. The third-order valence-corrected chi connectivity index (χ3v) is 4.10. The Hall–Kier alpha value is -3.15. The van der Waals surface area contributed by atoms with Gasteiger partial charge in [0.05, 0.1) is 34.5 Å². The van der Waals surface area contributed by atoms with Crippen LogP contribution in [0.25, 0.3) is 6.08 Å². The molecule has 6 heteroatoms. The van der Waals surface area contributed by atoms with E-state index in [1.54, 1.807) is 46.6 Å². The molecule has 2 aromatic rings. The maximum Gasteiger partial charge on any atom is 0.244 e. The van der Waals surface area contributed by atoms with E-state index in [2.05, 4.69) is 5.32 Å². The summed E-state index contributed by atoms with van der Waals surface area (Å²) in [6.45, 7) is 1.91. The standard InChI is InChI=1S/C21H25NO5/c1-14(16-8-10-18(25-3)20(13-16)27-5)22-21(23)11-7-15-6-9-17(24-2)19(12-15)26-4/h6-14H,1-5H3,(H,22,23)/b11-7+/t14-/m1/s1. The highest BCUT2D eigenvalue weighted by atomic mass is 16.5. The van der Waals surface area contributed by atoms with Crippen LogP contribution in [0.4, 0.5) is 0 Å². The number of nitrogens with one attached hydrogen (secondary N) is 1. The van der Waals surface area contributed by atoms with E-state index < -0.39 is 0 Å². The number of amides is 1. The summed E-state index contributed by atoms with van der Waals surface area (Å²) in [5.41, 5.74) is 1.75. The Bertz CT molecular complexity index is 816. The highest BCUT2D eigenvalue weighted by molar-refractivity contribution is 5.92. The van der Waals surface area contributed by atoms with Crippen LogP contribution in [0.2, 0.25) is 0 Å². The zero-order valence-corrected chi connectivity index (χ0v) is 16.2. The van der Waals surface area contributed by atoms with Crippen molar-refractivity contribution in [3.8, 4) is 23.0 Å². The van der Waals surface area contributed by atoms with Crippen molar-refractivity contribution in [2.75, 3.05) is 28.4 Å². The van der Waals surface area contributed by atoms with E-state index in [0.29, 0.717) is 23.0 Å². The monoisotopic (exact) mass is 371 g/mol. The molecule has 0 aromatic heterocycles. The lowest BCUT2D eigenvalue weighted by atomic mass is 10.1. The third-order valence-electron chi connectivity index (χ3n) is 4.10. The minimum atomic E-state index is -0.202. The molecule has 0 aliphatic carbocycles. The van der Waals surface area contributed by atoms with E-state index in [9.17, 15) is 4.79 Å². The molecule has 6 nitrogen and oxygen atoms in total. The highest BCUT2D eigenvalue weighted by Gasteiger charge is 2.11. The van der Waals surface area contributed by atoms with Gasteiger partial charge < -0.3 is 24.3 Å². The van der Waals surface area contributed by atoms with Gasteiger partial charge in [-0.15, -0.1) is 0 Å². The largest absolute Gasteiger partial charge is 0.493 e. The van der Waals surface area contributed by atoms with Crippen molar-refractivity contribution in [3.63, 3.8) is 0 Å². The van der Waals surface area contributed by atoms with Crippen molar-refractivity contribution in [1.82, 2.24) is 5.32 Å². The zero-order chi connectivity index (χ0) is 19.8. The molecular formula is C21H25NO5. The summed E-state index contributed by atoms with van der Waals surface area (Å²) in [6.07, 6.45) is 3.21. The molecule has 1 atom stereocenters. The fourth-order valence-electron chi connectivity index (χ4n) is 2.60. The van der Waals surface area contributed by atoms with Crippen molar-refractivity contribution in [1.29, 1.82) is 0 Å². The Morgan fingerprint density at radius 3 is 2.00 bits per heavy atom. The number of benzene rings is 2. The van der Waals surface area contributed by atoms with Gasteiger partial charge in [-0.2, -0.15) is 0 Å². The molecule has 0 unspecified atom stereocenters. The van der Waals surface area contributed by atoms with Gasteiger partial charge in [0.1, 0.15) is 0 Å². The quantitative estimate of drug-likeness (QED) is 0.718. The van der Waals surface area contributed by atoms with Crippen LogP contribution in [0.15, 0.2) is 42.5 Å². The van der Waals surface area contributed by atoms with Gasteiger partial charge in [0.2, 0.25) is 5.91 Å².